The quantitative estimate of drug-likeness (QED) is 0.918. The fourth-order valence-corrected chi connectivity index (χ4v) is 2.86. The van der Waals surface area contributed by atoms with E-state index >= 15 is 0 Å². The molecular formula is C19H23ClN2O2. The molecule has 1 aliphatic rings. The summed E-state index contributed by atoms with van der Waals surface area (Å²) in [5.74, 6) is 1.47. The fourth-order valence-electron chi connectivity index (χ4n) is 2.86. The van der Waals surface area contributed by atoms with Crippen LogP contribution in [0.2, 0.25) is 0 Å². The van der Waals surface area contributed by atoms with Gasteiger partial charge in [0.2, 0.25) is 0 Å². The SMILES string of the molecule is CC1(CN)CCN(C(=O)c2cccc(Oc3ccccc3)c2)C1.Cl. The number of ether oxygens (including phenoxy) is 1. The predicted molar refractivity (Wildman–Crippen MR) is 97.9 cm³/mol. The highest BCUT2D eigenvalue weighted by Crippen LogP contribution is 2.30. The molecule has 0 saturated carbocycles. The summed E-state index contributed by atoms with van der Waals surface area (Å²) >= 11 is 0. The van der Waals surface area contributed by atoms with Crippen LogP contribution in [0.4, 0.5) is 0 Å². The second-order valence-electron chi connectivity index (χ2n) is 6.43. The number of nitrogens with zero attached hydrogens (tertiary/aromatic N) is 1. The number of rotatable bonds is 4. The lowest BCUT2D eigenvalue weighted by Gasteiger charge is -2.22. The molecule has 1 saturated heterocycles. The highest BCUT2D eigenvalue weighted by atomic mass is 35.5. The summed E-state index contributed by atoms with van der Waals surface area (Å²) in [4.78, 5) is 14.6. The van der Waals surface area contributed by atoms with Gasteiger partial charge in [-0.25, -0.2) is 0 Å². The molecule has 4 nitrogen and oxygen atoms in total. The first-order valence-corrected chi connectivity index (χ1v) is 7.92. The van der Waals surface area contributed by atoms with E-state index in [1.807, 2.05) is 53.4 Å². The molecule has 1 unspecified atom stereocenters. The van der Waals surface area contributed by atoms with E-state index in [-0.39, 0.29) is 23.7 Å². The zero-order valence-corrected chi connectivity index (χ0v) is 14.6. The van der Waals surface area contributed by atoms with Crippen molar-refractivity contribution in [3.63, 3.8) is 0 Å². The van der Waals surface area contributed by atoms with Crippen molar-refractivity contribution in [1.29, 1.82) is 0 Å². The summed E-state index contributed by atoms with van der Waals surface area (Å²) in [5.41, 5.74) is 6.51. The predicted octanol–water partition coefficient (Wildman–Crippen LogP) is 3.71. The maximum atomic E-state index is 12.7. The van der Waals surface area contributed by atoms with Crippen molar-refractivity contribution in [2.45, 2.75) is 13.3 Å². The van der Waals surface area contributed by atoms with Gasteiger partial charge in [-0.05, 0) is 48.7 Å². The molecule has 2 N–H and O–H groups in total. The second-order valence-corrected chi connectivity index (χ2v) is 6.43. The van der Waals surface area contributed by atoms with Gasteiger partial charge < -0.3 is 15.4 Å². The van der Waals surface area contributed by atoms with Gasteiger partial charge in [-0.15, -0.1) is 12.4 Å². The van der Waals surface area contributed by atoms with Gasteiger partial charge >= 0.3 is 0 Å². The van der Waals surface area contributed by atoms with Crippen LogP contribution in [-0.2, 0) is 0 Å². The van der Waals surface area contributed by atoms with Gasteiger partial charge in [0.1, 0.15) is 11.5 Å². The third kappa shape index (κ3) is 4.08. The molecule has 1 amide bonds. The summed E-state index contributed by atoms with van der Waals surface area (Å²) in [6.45, 7) is 4.21. The van der Waals surface area contributed by atoms with E-state index in [4.69, 9.17) is 10.5 Å². The molecule has 0 aliphatic carbocycles. The number of halogens is 1. The van der Waals surface area contributed by atoms with Crippen LogP contribution < -0.4 is 10.5 Å². The van der Waals surface area contributed by atoms with E-state index in [1.165, 1.54) is 0 Å². The molecule has 1 aliphatic heterocycles. The molecule has 0 radical (unpaired) electrons. The Balaban J connectivity index is 0.00000208. The van der Waals surface area contributed by atoms with Gasteiger partial charge in [-0.1, -0.05) is 31.2 Å². The number of carbonyl (C=O) groups is 1. The minimum Gasteiger partial charge on any atom is -0.457 e. The number of hydrogen-bond donors (Lipinski definition) is 1. The third-order valence-corrected chi connectivity index (χ3v) is 4.40. The van der Waals surface area contributed by atoms with Crippen molar-refractivity contribution in [1.82, 2.24) is 4.90 Å². The first-order chi connectivity index (χ1) is 11.1. The van der Waals surface area contributed by atoms with Gasteiger partial charge in [-0.2, -0.15) is 0 Å². The van der Waals surface area contributed by atoms with E-state index in [2.05, 4.69) is 6.92 Å². The molecule has 24 heavy (non-hydrogen) atoms. The van der Waals surface area contributed by atoms with E-state index in [1.54, 1.807) is 6.07 Å². The van der Waals surface area contributed by atoms with Crippen molar-refractivity contribution < 1.29 is 9.53 Å². The maximum Gasteiger partial charge on any atom is 0.254 e. The Morgan fingerprint density at radius 3 is 2.54 bits per heavy atom. The number of amides is 1. The molecule has 0 bridgehead atoms. The van der Waals surface area contributed by atoms with E-state index in [9.17, 15) is 4.79 Å². The summed E-state index contributed by atoms with van der Waals surface area (Å²) in [6.07, 6.45) is 0.954. The molecule has 1 heterocycles. The molecule has 3 rings (SSSR count). The molecule has 0 spiro atoms. The van der Waals surface area contributed by atoms with Crippen molar-refractivity contribution in [3.05, 3.63) is 60.2 Å². The Bertz CT molecular complexity index is 693. The van der Waals surface area contributed by atoms with Gasteiger partial charge in [0, 0.05) is 18.7 Å². The summed E-state index contributed by atoms with van der Waals surface area (Å²) in [6, 6.07) is 16.9. The Morgan fingerprint density at radius 2 is 1.88 bits per heavy atom. The van der Waals surface area contributed by atoms with Crippen LogP contribution in [0.15, 0.2) is 54.6 Å². The zero-order valence-electron chi connectivity index (χ0n) is 13.8. The van der Waals surface area contributed by atoms with Gasteiger partial charge in [0.15, 0.2) is 0 Å². The minimum absolute atomic E-state index is 0. The van der Waals surface area contributed by atoms with E-state index < -0.39 is 0 Å². The molecular weight excluding hydrogens is 324 g/mol. The van der Waals surface area contributed by atoms with Crippen LogP contribution in [-0.4, -0.2) is 30.4 Å². The molecule has 2 aromatic carbocycles. The monoisotopic (exact) mass is 346 g/mol. The average Bonchev–Trinajstić information content (AvgIpc) is 2.98. The Hall–Kier alpha value is -2.04. The molecule has 5 heteroatoms. The summed E-state index contributed by atoms with van der Waals surface area (Å²) < 4.78 is 5.80. The number of likely N-dealkylation sites (tertiary alicyclic amines) is 1. The smallest absolute Gasteiger partial charge is 0.254 e. The largest absolute Gasteiger partial charge is 0.457 e. The Labute approximate surface area is 149 Å². The van der Waals surface area contributed by atoms with Gasteiger partial charge in [0.25, 0.3) is 5.91 Å². The number of carbonyl (C=O) groups excluding carboxylic acids is 1. The highest BCUT2D eigenvalue weighted by molar-refractivity contribution is 5.94. The van der Waals surface area contributed by atoms with Crippen LogP contribution >= 0.6 is 12.4 Å². The summed E-state index contributed by atoms with van der Waals surface area (Å²) in [7, 11) is 0. The van der Waals surface area contributed by atoms with Gasteiger partial charge in [0.05, 0.1) is 0 Å². The minimum atomic E-state index is 0. The standard InChI is InChI=1S/C19H22N2O2.ClH/c1-19(13-20)10-11-21(14-19)18(22)15-6-5-9-17(12-15)23-16-7-3-2-4-8-16;/h2-9,12H,10-11,13-14,20H2,1H3;1H. The van der Waals surface area contributed by atoms with Crippen LogP contribution in [0.1, 0.15) is 23.7 Å². The number of benzene rings is 2. The first kappa shape index (κ1) is 18.3. The molecule has 1 fully saturated rings. The Kier molecular flexibility index (Phi) is 5.86. The second kappa shape index (κ2) is 7.69. The van der Waals surface area contributed by atoms with Crippen LogP contribution in [0.5, 0.6) is 11.5 Å². The lowest BCUT2D eigenvalue weighted by atomic mass is 9.90. The van der Waals surface area contributed by atoms with Crippen LogP contribution in [0, 0.1) is 5.41 Å². The van der Waals surface area contributed by atoms with Crippen molar-refractivity contribution in [3.8, 4) is 11.5 Å². The maximum absolute atomic E-state index is 12.7. The average molecular weight is 347 g/mol. The van der Waals surface area contributed by atoms with Gasteiger partial charge in [-0.3, -0.25) is 4.79 Å². The van der Waals surface area contributed by atoms with E-state index in [0.29, 0.717) is 24.4 Å². The number of hydrogen-bond acceptors (Lipinski definition) is 3. The number of nitrogens with two attached hydrogens (primary N) is 1. The lowest BCUT2D eigenvalue weighted by Crippen LogP contribution is -2.34. The number of para-hydroxylation sites is 1. The Morgan fingerprint density at radius 1 is 1.17 bits per heavy atom. The van der Waals surface area contributed by atoms with Crippen LogP contribution in [0.25, 0.3) is 0 Å². The molecule has 128 valence electrons. The third-order valence-electron chi connectivity index (χ3n) is 4.40. The van der Waals surface area contributed by atoms with E-state index in [0.717, 1.165) is 18.7 Å². The topological polar surface area (TPSA) is 55.6 Å². The first-order valence-electron chi connectivity index (χ1n) is 7.92. The van der Waals surface area contributed by atoms with Crippen LogP contribution in [0.3, 0.4) is 0 Å². The molecule has 1 atom stereocenters. The van der Waals surface area contributed by atoms with Crippen molar-refractivity contribution in [2.24, 2.45) is 11.1 Å². The normalized spacial score (nSPS) is 19.7. The lowest BCUT2D eigenvalue weighted by molar-refractivity contribution is 0.0776. The highest BCUT2D eigenvalue weighted by Gasteiger charge is 2.35. The zero-order chi connectivity index (χ0) is 16.3. The summed E-state index contributed by atoms with van der Waals surface area (Å²) in [5, 5.41) is 0. The molecule has 2 aromatic rings. The van der Waals surface area contributed by atoms with Crippen molar-refractivity contribution in [2.75, 3.05) is 19.6 Å². The molecule has 0 aromatic heterocycles. The fraction of sp³-hybridized carbons (Fsp3) is 0.316. The van der Waals surface area contributed by atoms with Crippen molar-refractivity contribution >= 4 is 18.3 Å².